The highest BCUT2D eigenvalue weighted by molar-refractivity contribution is 5.66. The molecule has 4 rings (SSSR count). The van der Waals surface area contributed by atoms with E-state index in [1.165, 1.54) is 32.6 Å². The van der Waals surface area contributed by atoms with Gasteiger partial charge in [-0.3, -0.25) is 4.79 Å². The molecule has 0 aliphatic heterocycles. The Morgan fingerprint density at radius 3 is 2.72 bits per heavy atom. The molecule has 0 bridgehead atoms. The Bertz CT molecular complexity index is 647. The van der Waals surface area contributed by atoms with E-state index in [-0.39, 0.29) is 28.8 Å². The maximum absolute atomic E-state index is 11.3. The summed E-state index contributed by atoms with van der Waals surface area (Å²) < 4.78 is 5.52. The second-order valence-corrected chi connectivity index (χ2v) is 9.54. The molecule has 3 saturated carbocycles. The van der Waals surface area contributed by atoms with Crippen molar-refractivity contribution in [3.63, 3.8) is 0 Å². The molecule has 0 aromatic rings. The first kappa shape index (κ1) is 17.1. The highest BCUT2D eigenvalue weighted by Gasteiger charge is 2.58. The van der Waals surface area contributed by atoms with Gasteiger partial charge in [0.15, 0.2) is 0 Å². The predicted molar refractivity (Wildman–Crippen MR) is 96.4 cm³/mol. The molecule has 0 unspecified atom stereocenters. The number of hydrogen-bond donors (Lipinski definition) is 0. The van der Waals surface area contributed by atoms with Gasteiger partial charge in [-0.15, -0.1) is 0 Å². The minimum Gasteiger partial charge on any atom is -0.462 e. The summed E-state index contributed by atoms with van der Waals surface area (Å²) in [6, 6.07) is 2.63. The van der Waals surface area contributed by atoms with Gasteiger partial charge in [-0.25, -0.2) is 0 Å². The van der Waals surface area contributed by atoms with Crippen LogP contribution in [0.3, 0.4) is 0 Å². The van der Waals surface area contributed by atoms with Crippen LogP contribution in [0.2, 0.25) is 0 Å². The Morgan fingerprint density at radius 1 is 1.20 bits per heavy atom. The highest BCUT2D eigenvalue weighted by Crippen LogP contribution is 2.66. The Morgan fingerprint density at radius 2 is 2.00 bits per heavy atom. The number of nitrogens with zero attached hydrogens (tertiary/aromatic N) is 1. The molecular formula is C22H31NO2. The van der Waals surface area contributed by atoms with Crippen LogP contribution in [-0.2, 0) is 9.53 Å². The van der Waals surface area contributed by atoms with Crippen LogP contribution in [0.5, 0.6) is 0 Å². The van der Waals surface area contributed by atoms with E-state index in [0.717, 1.165) is 43.4 Å². The van der Waals surface area contributed by atoms with Gasteiger partial charge in [0.25, 0.3) is 0 Å². The first-order valence-electron chi connectivity index (χ1n) is 10.1. The Labute approximate surface area is 151 Å². The van der Waals surface area contributed by atoms with Crippen molar-refractivity contribution in [3.05, 3.63) is 11.6 Å². The maximum atomic E-state index is 11.3. The number of esters is 1. The third-order valence-electron chi connectivity index (χ3n) is 8.55. The molecule has 0 saturated heterocycles. The third-order valence-corrected chi connectivity index (χ3v) is 8.55. The van der Waals surface area contributed by atoms with Crippen molar-refractivity contribution in [1.82, 2.24) is 0 Å². The topological polar surface area (TPSA) is 50.1 Å². The number of carbonyl (C=O) groups is 1. The van der Waals surface area contributed by atoms with Crippen LogP contribution in [0, 0.1) is 45.8 Å². The van der Waals surface area contributed by atoms with Crippen molar-refractivity contribution in [3.8, 4) is 6.07 Å². The van der Waals surface area contributed by atoms with Crippen LogP contribution >= 0.6 is 0 Å². The summed E-state index contributed by atoms with van der Waals surface area (Å²) in [5.41, 5.74) is 2.07. The number of fused-ring (bicyclic) bond motifs is 5. The van der Waals surface area contributed by atoms with Crippen molar-refractivity contribution in [2.75, 3.05) is 0 Å². The summed E-state index contributed by atoms with van der Waals surface area (Å²) in [6.07, 6.45) is 11.6. The first-order valence-corrected chi connectivity index (χ1v) is 10.1. The second-order valence-electron chi connectivity index (χ2n) is 9.54. The molecule has 25 heavy (non-hydrogen) atoms. The predicted octanol–water partition coefficient (Wildman–Crippen LogP) is 5.02. The number of allylic oxidation sites excluding steroid dienone is 1. The quantitative estimate of drug-likeness (QED) is 0.497. The number of ether oxygens (including phenoxy) is 1. The van der Waals surface area contributed by atoms with Gasteiger partial charge >= 0.3 is 5.97 Å². The van der Waals surface area contributed by atoms with E-state index < -0.39 is 0 Å². The van der Waals surface area contributed by atoms with Gasteiger partial charge in [-0.1, -0.05) is 25.5 Å². The van der Waals surface area contributed by atoms with Crippen LogP contribution in [0.25, 0.3) is 0 Å². The summed E-state index contributed by atoms with van der Waals surface area (Å²) in [6.45, 7) is 6.39. The molecule has 0 heterocycles. The molecule has 0 amide bonds. The van der Waals surface area contributed by atoms with Gasteiger partial charge in [0.1, 0.15) is 6.10 Å². The van der Waals surface area contributed by atoms with E-state index in [2.05, 4.69) is 26.0 Å². The molecule has 4 aliphatic carbocycles. The number of carbonyl (C=O) groups excluding carboxylic acids is 1. The van der Waals surface area contributed by atoms with Gasteiger partial charge in [0, 0.05) is 13.3 Å². The lowest BCUT2D eigenvalue weighted by Gasteiger charge is -2.57. The fourth-order valence-corrected chi connectivity index (χ4v) is 7.18. The number of hydrogen-bond acceptors (Lipinski definition) is 3. The van der Waals surface area contributed by atoms with Crippen molar-refractivity contribution in [2.24, 2.45) is 34.5 Å². The van der Waals surface area contributed by atoms with Crippen molar-refractivity contribution < 1.29 is 9.53 Å². The van der Waals surface area contributed by atoms with E-state index in [0.29, 0.717) is 0 Å². The highest BCUT2D eigenvalue weighted by atomic mass is 16.5. The van der Waals surface area contributed by atoms with Crippen LogP contribution in [0.4, 0.5) is 0 Å². The lowest BCUT2D eigenvalue weighted by molar-refractivity contribution is -0.148. The molecule has 0 aromatic carbocycles. The zero-order valence-corrected chi connectivity index (χ0v) is 15.9. The standard InChI is InChI=1S/C22H31NO2/c1-14(24)25-17-8-10-21(2)15(12-17)4-6-18-19-7-5-16(13-23)22(19,3)11-9-20(18)21/h4,16-20H,5-12H2,1-3H3/t16-,17+,18+,19-,20-,21-,22+/m0/s1. The largest absolute Gasteiger partial charge is 0.462 e. The van der Waals surface area contributed by atoms with Gasteiger partial charge in [-0.2, -0.15) is 5.26 Å². The van der Waals surface area contributed by atoms with Gasteiger partial charge in [0.05, 0.1) is 12.0 Å². The van der Waals surface area contributed by atoms with Crippen molar-refractivity contribution in [2.45, 2.75) is 78.2 Å². The van der Waals surface area contributed by atoms with Crippen molar-refractivity contribution >= 4 is 5.97 Å². The lowest BCUT2D eigenvalue weighted by Crippen LogP contribution is -2.50. The Kier molecular flexibility index (Phi) is 4.02. The minimum absolute atomic E-state index is 0.0803. The molecule has 0 radical (unpaired) electrons. The normalized spacial score (nSPS) is 48.4. The van der Waals surface area contributed by atoms with E-state index in [4.69, 9.17) is 4.74 Å². The smallest absolute Gasteiger partial charge is 0.302 e. The molecule has 3 fully saturated rings. The molecule has 136 valence electrons. The van der Waals surface area contributed by atoms with Gasteiger partial charge < -0.3 is 4.74 Å². The summed E-state index contributed by atoms with van der Waals surface area (Å²) in [5.74, 6) is 2.33. The zero-order chi connectivity index (χ0) is 17.8. The lowest BCUT2D eigenvalue weighted by atomic mass is 9.47. The fourth-order valence-electron chi connectivity index (χ4n) is 7.18. The second kappa shape index (κ2) is 5.86. The summed E-state index contributed by atoms with van der Waals surface area (Å²) >= 11 is 0. The zero-order valence-electron chi connectivity index (χ0n) is 15.9. The summed E-state index contributed by atoms with van der Waals surface area (Å²) in [7, 11) is 0. The van der Waals surface area contributed by atoms with Crippen LogP contribution < -0.4 is 0 Å². The van der Waals surface area contributed by atoms with Crippen LogP contribution in [0.1, 0.15) is 72.1 Å². The molecular weight excluding hydrogens is 310 g/mol. The average molecular weight is 341 g/mol. The van der Waals surface area contributed by atoms with Crippen LogP contribution in [-0.4, -0.2) is 12.1 Å². The average Bonchev–Trinajstić information content (AvgIpc) is 2.91. The molecule has 7 atom stereocenters. The van der Waals surface area contributed by atoms with Gasteiger partial charge in [0.2, 0.25) is 0 Å². The monoisotopic (exact) mass is 341 g/mol. The minimum atomic E-state index is -0.148. The molecule has 0 aromatic heterocycles. The Balaban J connectivity index is 1.59. The van der Waals surface area contributed by atoms with Crippen molar-refractivity contribution in [1.29, 1.82) is 5.26 Å². The number of nitriles is 1. The molecule has 3 heteroatoms. The summed E-state index contributed by atoms with van der Waals surface area (Å²) in [5, 5.41) is 9.60. The van der Waals surface area contributed by atoms with E-state index in [9.17, 15) is 10.1 Å². The van der Waals surface area contributed by atoms with Gasteiger partial charge in [-0.05, 0) is 73.5 Å². The third kappa shape index (κ3) is 2.47. The first-order chi connectivity index (χ1) is 11.9. The molecule has 0 spiro atoms. The maximum Gasteiger partial charge on any atom is 0.302 e. The molecule has 4 aliphatic rings. The van der Waals surface area contributed by atoms with E-state index >= 15 is 0 Å². The number of rotatable bonds is 1. The van der Waals surface area contributed by atoms with E-state index in [1.54, 1.807) is 5.57 Å². The van der Waals surface area contributed by atoms with Crippen LogP contribution in [0.15, 0.2) is 11.6 Å². The van der Waals surface area contributed by atoms with E-state index in [1.807, 2.05) is 0 Å². The molecule has 0 N–H and O–H groups in total. The molecule has 3 nitrogen and oxygen atoms in total. The Hall–Kier alpha value is -1.30. The summed E-state index contributed by atoms with van der Waals surface area (Å²) in [4.78, 5) is 11.3. The SMILES string of the molecule is CC(=O)O[C@@H]1CC[C@@]2(C)C(=CC[C@@H]3[C@@H]4CC[C@@H](C#N)[C@@]4(C)CC[C@@H]32)C1. The fraction of sp³-hybridized carbons (Fsp3) is 0.818.